The number of nitrogens with one attached hydrogen (secondary N) is 2. The smallest absolute Gasteiger partial charge is 0.307 e. The molecule has 0 saturated carbocycles. The van der Waals surface area contributed by atoms with Crippen molar-refractivity contribution >= 4 is 39.8 Å². The van der Waals surface area contributed by atoms with Gasteiger partial charge < -0.3 is 15.7 Å². The number of carboxylic acid groups (broad SMARTS) is 1. The number of carbonyl (C=O) groups is 3. The molecule has 0 radical (unpaired) electrons. The van der Waals surface area contributed by atoms with Gasteiger partial charge >= 0.3 is 5.97 Å². The lowest BCUT2D eigenvalue weighted by atomic mass is 9.82. The van der Waals surface area contributed by atoms with Crippen molar-refractivity contribution in [1.29, 1.82) is 0 Å². The zero-order valence-electron chi connectivity index (χ0n) is 17.4. The van der Waals surface area contributed by atoms with Gasteiger partial charge in [-0.2, -0.15) is 0 Å². The number of carboxylic acids is 1. The van der Waals surface area contributed by atoms with E-state index in [0.717, 1.165) is 29.7 Å². The molecule has 0 bridgehead atoms. The number of aliphatic carboxylic acids is 1. The van der Waals surface area contributed by atoms with Crippen LogP contribution in [0.3, 0.4) is 0 Å². The van der Waals surface area contributed by atoms with E-state index in [0.29, 0.717) is 35.0 Å². The molecule has 31 heavy (non-hydrogen) atoms. The van der Waals surface area contributed by atoms with E-state index in [-0.39, 0.29) is 11.8 Å². The number of thiophene rings is 1. The molecule has 0 spiro atoms. The maximum Gasteiger partial charge on any atom is 0.307 e. The standard InChI is InChI=1S/C24H26N2O4S/c1-14-11-12-18-19(13-14)31-23(20(18)22(28)25-15-7-3-2-4-8-15)26-21(27)16-9-5-6-10-17(16)24(29)30/h2-8,14,16-17H,9-13H2,1H3,(H,25,28)(H,26,27)(H,29,30)/t14-,16+,17-/m0/s1. The Bertz CT molecular complexity index is 1030. The highest BCUT2D eigenvalue weighted by Gasteiger charge is 2.35. The lowest BCUT2D eigenvalue weighted by molar-refractivity contribution is -0.146. The average Bonchev–Trinajstić information content (AvgIpc) is 3.11. The molecular weight excluding hydrogens is 412 g/mol. The second kappa shape index (κ2) is 9.06. The van der Waals surface area contributed by atoms with Gasteiger partial charge in [0.2, 0.25) is 5.91 Å². The van der Waals surface area contributed by atoms with Crippen molar-refractivity contribution in [2.24, 2.45) is 17.8 Å². The van der Waals surface area contributed by atoms with Gasteiger partial charge in [-0.25, -0.2) is 0 Å². The van der Waals surface area contributed by atoms with Crippen LogP contribution in [0.25, 0.3) is 0 Å². The highest BCUT2D eigenvalue weighted by atomic mass is 32.1. The molecule has 1 aromatic carbocycles. The summed E-state index contributed by atoms with van der Waals surface area (Å²) in [6.45, 7) is 2.19. The normalized spacial score (nSPS) is 22.4. The van der Waals surface area contributed by atoms with E-state index in [2.05, 4.69) is 17.6 Å². The molecule has 0 aliphatic heterocycles. The number of hydrogen-bond donors (Lipinski definition) is 3. The Labute approximate surface area is 185 Å². The topological polar surface area (TPSA) is 95.5 Å². The molecule has 0 saturated heterocycles. The van der Waals surface area contributed by atoms with Crippen molar-refractivity contribution in [2.45, 2.75) is 39.0 Å². The number of hydrogen-bond acceptors (Lipinski definition) is 4. The third-order valence-electron chi connectivity index (χ3n) is 6.09. The second-order valence-electron chi connectivity index (χ2n) is 8.36. The third kappa shape index (κ3) is 4.56. The van der Waals surface area contributed by atoms with E-state index in [1.54, 1.807) is 0 Å². The summed E-state index contributed by atoms with van der Waals surface area (Å²) in [4.78, 5) is 39.0. The molecule has 0 unspecified atom stereocenters. The average molecular weight is 439 g/mol. The van der Waals surface area contributed by atoms with Gasteiger partial charge in [0.05, 0.1) is 17.4 Å². The molecule has 6 nitrogen and oxygen atoms in total. The first-order valence-electron chi connectivity index (χ1n) is 10.6. The van der Waals surface area contributed by atoms with Crippen LogP contribution >= 0.6 is 11.3 Å². The molecule has 7 heteroatoms. The van der Waals surface area contributed by atoms with Crippen LogP contribution in [0.4, 0.5) is 10.7 Å². The van der Waals surface area contributed by atoms with Crippen LogP contribution in [0, 0.1) is 17.8 Å². The molecule has 2 aromatic rings. The lowest BCUT2D eigenvalue weighted by Crippen LogP contribution is -2.35. The Hall–Kier alpha value is -2.93. The number of rotatable bonds is 5. The molecule has 2 aliphatic rings. The molecule has 4 rings (SSSR count). The molecule has 3 atom stereocenters. The van der Waals surface area contributed by atoms with Gasteiger partial charge in [0, 0.05) is 10.6 Å². The molecule has 0 fully saturated rings. The van der Waals surface area contributed by atoms with Gasteiger partial charge in [0.25, 0.3) is 5.91 Å². The zero-order chi connectivity index (χ0) is 22.0. The molecule has 1 heterocycles. The highest BCUT2D eigenvalue weighted by Crippen LogP contribution is 2.40. The Morgan fingerprint density at radius 2 is 1.74 bits per heavy atom. The van der Waals surface area contributed by atoms with Gasteiger partial charge in [0.1, 0.15) is 5.00 Å². The van der Waals surface area contributed by atoms with Crippen molar-refractivity contribution in [1.82, 2.24) is 0 Å². The minimum absolute atomic E-state index is 0.244. The predicted molar refractivity (Wildman–Crippen MR) is 122 cm³/mol. The molecule has 1 aromatic heterocycles. The third-order valence-corrected chi connectivity index (χ3v) is 7.26. The number of allylic oxidation sites excluding steroid dienone is 2. The number of benzene rings is 1. The summed E-state index contributed by atoms with van der Waals surface area (Å²) in [5.74, 6) is -2.42. The summed E-state index contributed by atoms with van der Waals surface area (Å²) in [6.07, 6.45) is 7.07. The minimum Gasteiger partial charge on any atom is -0.481 e. The molecule has 3 N–H and O–H groups in total. The summed E-state index contributed by atoms with van der Waals surface area (Å²) in [7, 11) is 0. The minimum atomic E-state index is -0.967. The zero-order valence-corrected chi connectivity index (χ0v) is 18.2. The van der Waals surface area contributed by atoms with E-state index in [9.17, 15) is 19.5 Å². The fraction of sp³-hybridized carbons (Fsp3) is 0.375. The van der Waals surface area contributed by atoms with E-state index in [1.165, 1.54) is 11.3 Å². The first kappa shape index (κ1) is 21.3. The van der Waals surface area contributed by atoms with Crippen LogP contribution in [0.2, 0.25) is 0 Å². The summed E-state index contributed by atoms with van der Waals surface area (Å²) >= 11 is 1.45. The SMILES string of the molecule is C[C@H]1CCc2c(sc(NC(=O)[C@@H]3CC=CC[C@@H]3C(=O)O)c2C(=O)Nc2ccccc2)C1. The fourth-order valence-electron chi connectivity index (χ4n) is 4.38. The van der Waals surface area contributed by atoms with Gasteiger partial charge in [-0.1, -0.05) is 37.3 Å². The first-order valence-corrected chi connectivity index (χ1v) is 11.4. The number of fused-ring (bicyclic) bond motifs is 1. The van der Waals surface area contributed by atoms with Crippen LogP contribution in [0.1, 0.15) is 47.0 Å². The summed E-state index contributed by atoms with van der Waals surface area (Å²) in [5, 5.41) is 15.9. The first-order chi connectivity index (χ1) is 14.9. The number of para-hydroxylation sites is 1. The van der Waals surface area contributed by atoms with Gasteiger partial charge in [0.15, 0.2) is 0 Å². The van der Waals surface area contributed by atoms with Gasteiger partial charge in [-0.05, 0) is 55.7 Å². The summed E-state index contributed by atoms with van der Waals surface area (Å²) in [6, 6.07) is 9.23. The largest absolute Gasteiger partial charge is 0.481 e. The van der Waals surface area contributed by atoms with Crippen molar-refractivity contribution < 1.29 is 19.5 Å². The van der Waals surface area contributed by atoms with E-state index in [4.69, 9.17) is 0 Å². The van der Waals surface area contributed by atoms with E-state index in [1.807, 2.05) is 42.5 Å². The van der Waals surface area contributed by atoms with Crippen LogP contribution in [0.5, 0.6) is 0 Å². The molecule has 2 aliphatic carbocycles. The van der Waals surface area contributed by atoms with E-state index >= 15 is 0 Å². The quantitative estimate of drug-likeness (QED) is 0.588. The van der Waals surface area contributed by atoms with Crippen molar-refractivity contribution in [3.05, 3.63) is 58.5 Å². The second-order valence-corrected chi connectivity index (χ2v) is 9.46. The van der Waals surface area contributed by atoms with Crippen molar-refractivity contribution in [3.63, 3.8) is 0 Å². The molecule has 162 valence electrons. The molecule has 2 amide bonds. The van der Waals surface area contributed by atoms with Crippen molar-refractivity contribution in [2.75, 3.05) is 10.6 Å². The monoisotopic (exact) mass is 438 g/mol. The maximum atomic E-state index is 13.2. The summed E-state index contributed by atoms with van der Waals surface area (Å²) in [5.41, 5.74) is 2.21. The Morgan fingerprint density at radius 3 is 2.45 bits per heavy atom. The Kier molecular flexibility index (Phi) is 6.23. The lowest BCUT2D eigenvalue weighted by Gasteiger charge is -2.24. The summed E-state index contributed by atoms with van der Waals surface area (Å²) < 4.78 is 0. The van der Waals surface area contributed by atoms with Crippen molar-refractivity contribution in [3.8, 4) is 0 Å². The Balaban J connectivity index is 1.63. The molecular formula is C24H26N2O4S. The van der Waals surface area contributed by atoms with Crippen LogP contribution in [-0.2, 0) is 22.4 Å². The fourth-order valence-corrected chi connectivity index (χ4v) is 5.79. The Morgan fingerprint density at radius 1 is 1.03 bits per heavy atom. The van der Waals surface area contributed by atoms with Crippen LogP contribution in [-0.4, -0.2) is 22.9 Å². The van der Waals surface area contributed by atoms with Gasteiger partial charge in [-0.3, -0.25) is 14.4 Å². The highest BCUT2D eigenvalue weighted by molar-refractivity contribution is 7.17. The number of amides is 2. The van der Waals surface area contributed by atoms with Gasteiger partial charge in [-0.15, -0.1) is 11.3 Å². The number of carbonyl (C=O) groups excluding carboxylic acids is 2. The van der Waals surface area contributed by atoms with Crippen LogP contribution < -0.4 is 10.6 Å². The number of anilines is 2. The maximum absolute atomic E-state index is 13.2. The predicted octanol–water partition coefficient (Wildman–Crippen LogP) is 4.73. The van der Waals surface area contributed by atoms with Crippen LogP contribution in [0.15, 0.2) is 42.5 Å². The van der Waals surface area contributed by atoms with E-state index < -0.39 is 17.8 Å².